The van der Waals surface area contributed by atoms with E-state index in [1.54, 1.807) is 32.2 Å². The highest BCUT2D eigenvalue weighted by Gasteiger charge is 2.31. The molecule has 0 aliphatic carbocycles. The molecule has 1 aliphatic heterocycles. The second-order valence-electron chi connectivity index (χ2n) is 8.66. The summed E-state index contributed by atoms with van der Waals surface area (Å²) in [5.74, 6) is -0.0574. The van der Waals surface area contributed by atoms with Crippen molar-refractivity contribution >= 4 is 56.5 Å². The second kappa shape index (κ2) is 11.9. The van der Waals surface area contributed by atoms with Gasteiger partial charge in [-0.05, 0) is 95.5 Å². The Kier molecular flexibility index (Phi) is 8.58. The summed E-state index contributed by atoms with van der Waals surface area (Å²) in [4.78, 5) is 31.0. The van der Waals surface area contributed by atoms with Crippen molar-refractivity contribution in [2.45, 2.75) is 27.4 Å². The van der Waals surface area contributed by atoms with Crippen LogP contribution in [0.3, 0.4) is 0 Å². The Morgan fingerprint density at radius 1 is 1.13 bits per heavy atom. The number of carboxylic acid groups (broad SMARTS) is 1. The van der Waals surface area contributed by atoms with E-state index in [2.05, 4.69) is 20.9 Å². The van der Waals surface area contributed by atoms with E-state index in [1.165, 1.54) is 28.3 Å². The van der Waals surface area contributed by atoms with Crippen LogP contribution in [-0.4, -0.2) is 40.7 Å². The third kappa shape index (κ3) is 6.11. The summed E-state index contributed by atoms with van der Waals surface area (Å²) in [6.45, 7) is 6.49. The Hall–Kier alpha value is -3.56. The zero-order valence-corrected chi connectivity index (χ0v) is 23.9. The summed E-state index contributed by atoms with van der Waals surface area (Å²) in [5.41, 5.74) is 4.21. The van der Waals surface area contributed by atoms with Gasteiger partial charge in [-0.2, -0.15) is 0 Å². The lowest BCUT2D eigenvalue weighted by Crippen LogP contribution is -2.23. The number of carboxylic acids is 1. The summed E-state index contributed by atoms with van der Waals surface area (Å²) in [6, 6.07) is 16.8. The number of aryl methyl sites for hydroxylation is 1. The number of carbonyl (C=O) groups is 2. The summed E-state index contributed by atoms with van der Waals surface area (Å²) in [5, 5.41) is 9.87. The third-order valence-corrected chi connectivity index (χ3v) is 7.54. The molecule has 0 unspecified atom stereocenters. The van der Waals surface area contributed by atoms with Crippen LogP contribution >= 0.6 is 27.7 Å². The molecule has 1 heterocycles. The fraction of sp³-hybridized carbons (Fsp3) is 0.207. The zero-order chi connectivity index (χ0) is 27.4. The lowest BCUT2D eigenvalue weighted by Gasteiger charge is -2.15. The van der Waals surface area contributed by atoms with Crippen molar-refractivity contribution in [3.05, 3.63) is 91.8 Å². The van der Waals surface area contributed by atoms with Gasteiger partial charge in [0.2, 0.25) is 0 Å². The van der Waals surface area contributed by atoms with Gasteiger partial charge in [-0.15, -0.1) is 0 Å². The number of hydrogen-bond donors (Lipinski definition) is 1. The zero-order valence-electron chi connectivity index (χ0n) is 21.4. The van der Waals surface area contributed by atoms with E-state index in [1.807, 2.05) is 50.2 Å². The maximum atomic E-state index is 13.0. The first-order chi connectivity index (χ1) is 18.2. The topological polar surface area (TPSA) is 88.4 Å². The van der Waals surface area contributed by atoms with Crippen molar-refractivity contribution in [2.75, 3.05) is 13.7 Å². The molecule has 4 rings (SSSR count). The maximum absolute atomic E-state index is 13.0. The third-order valence-electron chi connectivity index (χ3n) is 5.89. The fourth-order valence-corrected chi connectivity index (χ4v) is 5.35. The quantitative estimate of drug-likeness (QED) is 0.283. The lowest BCUT2D eigenvalue weighted by atomic mass is 10.1. The Labute approximate surface area is 234 Å². The number of nitrogens with zero attached hydrogens (tertiary/aromatic N) is 2. The van der Waals surface area contributed by atoms with Crippen LogP contribution < -0.4 is 9.47 Å². The van der Waals surface area contributed by atoms with Crippen molar-refractivity contribution in [2.24, 2.45) is 4.99 Å². The van der Waals surface area contributed by atoms with E-state index < -0.39 is 5.97 Å². The summed E-state index contributed by atoms with van der Waals surface area (Å²) >= 11 is 4.83. The van der Waals surface area contributed by atoms with E-state index >= 15 is 0 Å². The molecular weight excluding hydrogens is 568 g/mol. The number of benzene rings is 3. The largest absolute Gasteiger partial charge is 0.490 e. The molecule has 0 atom stereocenters. The average molecular weight is 596 g/mol. The first-order valence-electron chi connectivity index (χ1n) is 11.9. The van der Waals surface area contributed by atoms with Gasteiger partial charge in [0.05, 0.1) is 27.2 Å². The van der Waals surface area contributed by atoms with E-state index in [0.717, 1.165) is 11.1 Å². The number of likely N-dealkylation sites (N-methyl/N-ethyl adjacent to an activating group) is 1. The van der Waals surface area contributed by atoms with E-state index in [9.17, 15) is 14.7 Å². The van der Waals surface area contributed by atoms with Crippen LogP contribution in [-0.2, 0) is 11.4 Å². The second-order valence-corrected chi connectivity index (χ2v) is 10.5. The predicted octanol–water partition coefficient (Wildman–Crippen LogP) is 6.98. The Morgan fingerprint density at radius 3 is 2.55 bits per heavy atom. The van der Waals surface area contributed by atoms with E-state index in [0.29, 0.717) is 50.5 Å². The first kappa shape index (κ1) is 27.5. The summed E-state index contributed by atoms with van der Waals surface area (Å²) in [6.07, 6.45) is 1.78. The molecule has 1 amide bonds. The van der Waals surface area contributed by atoms with Gasteiger partial charge in [0.25, 0.3) is 5.91 Å². The molecule has 0 bridgehead atoms. The number of amides is 1. The first-order valence-corrected chi connectivity index (χ1v) is 13.5. The van der Waals surface area contributed by atoms with Gasteiger partial charge in [0, 0.05) is 7.05 Å². The number of aliphatic imine (C=N–C) groups is 1. The van der Waals surface area contributed by atoms with Crippen LogP contribution in [0, 0.1) is 13.8 Å². The number of aromatic carboxylic acids is 1. The molecule has 1 saturated heterocycles. The molecule has 0 radical (unpaired) electrons. The van der Waals surface area contributed by atoms with Crippen molar-refractivity contribution < 1.29 is 24.2 Å². The monoisotopic (exact) mass is 594 g/mol. The molecule has 1 fully saturated rings. The van der Waals surface area contributed by atoms with E-state index in [4.69, 9.17) is 9.47 Å². The minimum Gasteiger partial charge on any atom is -0.490 e. The molecule has 1 N–H and O–H groups in total. The Bertz CT molecular complexity index is 1450. The van der Waals surface area contributed by atoms with Crippen molar-refractivity contribution in [3.63, 3.8) is 0 Å². The average Bonchev–Trinajstić information content (AvgIpc) is 3.13. The van der Waals surface area contributed by atoms with Gasteiger partial charge in [0.1, 0.15) is 6.61 Å². The van der Waals surface area contributed by atoms with Crippen LogP contribution in [0.15, 0.2) is 69.0 Å². The van der Waals surface area contributed by atoms with Crippen LogP contribution in [0.5, 0.6) is 11.5 Å². The maximum Gasteiger partial charge on any atom is 0.336 e. The smallest absolute Gasteiger partial charge is 0.336 e. The van der Waals surface area contributed by atoms with Crippen molar-refractivity contribution in [3.8, 4) is 11.5 Å². The Balaban J connectivity index is 1.61. The van der Waals surface area contributed by atoms with Gasteiger partial charge < -0.3 is 14.6 Å². The normalized spacial score (nSPS) is 15.4. The van der Waals surface area contributed by atoms with Gasteiger partial charge in [-0.25, -0.2) is 9.79 Å². The molecule has 3 aromatic rings. The molecule has 3 aromatic carbocycles. The van der Waals surface area contributed by atoms with Gasteiger partial charge in [-0.3, -0.25) is 9.69 Å². The molecule has 9 heteroatoms. The molecule has 38 heavy (non-hydrogen) atoms. The highest BCUT2D eigenvalue weighted by molar-refractivity contribution is 9.10. The van der Waals surface area contributed by atoms with Crippen LogP contribution in [0.4, 0.5) is 5.69 Å². The number of amidine groups is 1. The van der Waals surface area contributed by atoms with Crippen LogP contribution in [0.25, 0.3) is 6.08 Å². The fourth-order valence-electron chi connectivity index (χ4n) is 3.80. The van der Waals surface area contributed by atoms with Crippen LogP contribution in [0.1, 0.15) is 39.5 Å². The SMILES string of the molecule is CCOc1cc(/C=C2\SC(=Nc3cccc(C(=O)O)c3C)N(C)C2=O)cc(Br)c1OCc1ccc(C)cc1. The number of halogens is 1. The van der Waals surface area contributed by atoms with E-state index in [-0.39, 0.29) is 11.5 Å². The molecule has 0 spiro atoms. The van der Waals surface area contributed by atoms with Crippen LogP contribution in [0.2, 0.25) is 0 Å². The molecular formula is C29H27BrN2O5S. The van der Waals surface area contributed by atoms with Crippen molar-refractivity contribution in [1.29, 1.82) is 0 Å². The number of ether oxygens (including phenoxy) is 2. The Morgan fingerprint density at radius 2 is 1.87 bits per heavy atom. The summed E-state index contributed by atoms with van der Waals surface area (Å²) < 4.78 is 12.7. The minimum atomic E-state index is -1.02. The van der Waals surface area contributed by atoms with Crippen molar-refractivity contribution in [1.82, 2.24) is 4.90 Å². The van der Waals surface area contributed by atoms with Gasteiger partial charge in [0.15, 0.2) is 16.7 Å². The number of rotatable bonds is 8. The predicted molar refractivity (Wildman–Crippen MR) is 154 cm³/mol. The number of hydrogen-bond acceptors (Lipinski definition) is 6. The minimum absolute atomic E-state index is 0.178. The molecule has 0 saturated carbocycles. The van der Waals surface area contributed by atoms with Gasteiger partial charge >= 0.3 is 5.97 Å². The number of thioether (sulfide) groups is 1. The highest BCUT2D eigenvalue weighted by Crippen LogP contribution is 2.40. The standard InChI is InChI=1S/C29H27BrN2O5S/c1-5-36-24-14-20(13-22(30)26(24)37-16-19-11-9-17(2)10-12-19)15-25-27(33)32(4)29(38-25)31-23-8-6-7-21(18(23)3)28(34)35/h6-15H,5,16H2,1-4H3,(H,34,35)/b25-15-,31-29?. The molecule has 196 valence electrons. The molecule has 0 aromatic heterocycles. The molecule has 7 nitrogen and oxygen atoms in total. The summed E-state index contributed by atoms with van der Waals surface area (Å²) in [7, 11) is 1.65. The van der Waals surface area contributed by atoms with Gasteiger partial charge in [-0.1, -0.05) is 35.9 Å². The highest BCUT2D eigenvalue weighted by atomic mass is 79.9. The number of carbonyl (C=O) groups excluding carboxylic acids is 1. The lowest BCUT2D eigenvalue weighted by molar-refractivity contribution is -0.121. The molecule has 1 aliphatic rings.